The van der Waals surface area contributed by atoms with Gasteiger partial charge >= 0.3 is 0 Å². The van der Waals surface area contributed by atoms with Crippen LogP contribution in [0.25, 0.3) is 0 Å². The van der Waals surface area contributed by atoms with Crippen LogP contribution in [0.4, 0.5) is 0 Å². The second kappa shape index (κ2) is 7.33. The molecule has 0 saturated heterocycles. The van der Waals surface area contributed by atoms with E-state index >= 15 is 0 Å². The molecule has 25 heavy (non-hydrogen) atoms. The van der Waals surface area contributed by atoms with Gasteiger partial charge in [-0.25, -0.2) is 8.42 Å². The van der Waals surface area contributed by atoms with E-state index in [1.807, 2.05) is 6.07 Å². The standard InChI is InChI=1S/C17H20N4O3S/c1-21(25(22,23)15-9-5-6-13(10-15)11-18)12-16-19-17(24-20-16)14-7-3-2-4-8-14/h5-6,9-10,14H,2-4,7-8,12H2,1H3. The van der Waals surface area contributed by atoms with Gasteiger partial charge in [-0.05, 0) is 31.0 Å². The molecule has 1 aromatic carbocycles. The summed E-state index contributed by atoms with van der Waals surface area (Å²) in [7, 11) is -2.26. The van der Waals surface area contributed by atoms with Crippen LogP contribution in [0.5, 0.6) is 0 Å². The van der Waals surface area contributed by atoms with Crippen molar-refractivity contribution in [2.75, 3.05) is 7.05 Å². The van der Waals surface area contributed by atoms with Crippen molar-refractivity contribution in [3.05, 3.63) is 41.5 Å². The van der Waals surface area contributed by atoms with Crippen LogP contribution in [0.1, 0.15) is 55.3 Å². The Morgan fingerprint density at radius 1 is 1.32 bits per heavy atom. The predicted octanol–water partition coefficient (Wildman–Crippen LogP) is 2.81. The summed E-state index contributed by atoms with van der Waals surface area (Å²) in [5.74, 6) is 1.24. The van der Waals surface area contributed by atoms with Crippen molar-refractivity contribution in [2.45, 2.75) is 49.5 Å². The van der Waals surface area contributed by atoms with Gasteiger partial charge in [-0.15, -0.1) is 0 Å². The number of hydrogen-bond donors (Lipinski definition) is 0. The van der Waals surface area contributed by atoms with Crippen LogP contribution in [0.3, 0.4) is 0 Å². The fourth-order valence-corrected chi connectivity index (χ4v) is 4.21. The van der Waals surface area contributed by atoms with Crippen LogP contribution in [0.2, 0.25) is 0 Å². The van der Waals surface area contributed by atoms with E-state index in [1.54, 1.807) is 12.1 Å². The molecule has 8 heteroatoms. The minimum Gasteiger partial charge on any atom is -0.339 e. The Bertz CT molecular complexity index is 879. The zero-order valence-corrected chi connectivity index (χ0v) is 14.9. The van der Waals surface area contributed by atoms with Crippen LogP contribution in [0, 0.1) is 11.3 Å². The molecule has 1 fully saturated rings. The smallest absolute Gasteiger partial charge is 0.243 e. The van der Waals surface area contributed by atoms with Crippen molar-refractivity contribution in [1.82, 2.24) is 14.4 Å². The van der Waals surface area contributed by atoms with Gasteiger partial charge in [-0.3, -0.25) is 0 Å². The molecule has 2 aromatic rings. The van der Waals surface area contributed by atoms with Crippen molar-refractivity contribution in [3.63, 3.8) is 0 Å². The molecule has 132 valence electrons. The summed E-state index contributed by atoms with van der Waals surface area (Å²) >= 11 is 0. The molecule has 0 atom stereocenters. The van der Waals surface area contributed by atoms with E-state index in [0.717, 1.165) is 25.7 Å². The quantitative estimate of drug-likeness (QED) is 0.813. The molecule has 0 amide bonds. The van der Waals surface area contributed by atoms with Crippen LogP contribution in [-0.4, -0.2) is 29.9 Å². The first-order chi connectivity index (χ1) is 12.0. The summed E-state index contributed by atoms with van der Waals surface area (Å²) in [6, 6.07) is 7.88. The van der Waals surface area contributed by atoms with E-state index < -0.39 is 10.0 Å². The zero-order chi connectivity index (χ0) is 17.9. The second-order valence-corrected chi connectivity index (χ2v) is 8.33. The summed E-state index contributed by atoms with van der Waals surface area (Å²) in [5, 5.41) is 12.9. The van der Waals surface area contributed by atoms with Crippen LogP contribution in [-0.2, 0) is 16.6 Å². The largest absolute Gasteiger partial charge is 0.339 e. The number of rotatable bonds is 5. The molecular formula is C17H20N4O3S. The Balaban J connectivity index is 1.74. The number of sulfonamides is 1. The first-order valence-electron chi connectivity index (χ1n) is 8.29. The molecule has 0 N–H and O–H groups in total. The zero-order valence-electron chi connectivity index (χ0n) is 14.1. The summed E-state index contributed by atoms with van der Waals surface area (Å²) in [6.45, 7) is 0.0231. The second-order valence-electron chi connectivity index (χ2n) is 6.28. The van der Waals surface area contributed by atoms with E-state index in [4.69, 9.17) is 9.78 Å². The molecule has 1 aliphatic rings. The summed E-state index contributed by atoms with van der Waals surface area (Å²) in [4.78, 5) is 4.45. The number of hydrogen-bond acceptors (Lipinski definition) is 6. The minimum absolute atomic E-state index is 0.0231. The van der Waals surface area contributed by atoms with Gasteiger partial charge in [0.05, 0.1) is 23.1 Å². The Labute approximate surface area is 147 Å². The van der Waals surface area contributed by atoms with Crippen molar-refractivity contribution in [1.29, 1.82) is 5.26 Å². The highest BCUT2D eigenvalue weighted by Gasteiger charge is 2.25. The molecule has 1 saturated carbocycles. The van der Waals surface area contributed by atoms with E-state index in [0.29, 0.717) is 17.3 Å². The lowest BCUT2D eigenvalue weighted by Crippen LogP contribution is -2.27. The van der Waals surface area contributed by atoms with Crippen molar-refractivity contribution >= 4 is 10.0 Å². The van der Waals surface area contributed by atoms with Crippen LogP contribution < -0.4 is 0 Å². The molecule has 7 nitrogen and oxygen atoms in total. The van der Waals surface area contributed by atoms with Gasteiger partial charge in [0.15, 0.2) is 5.82 Å². The molecule has 1 heterocycles. The van der Waals surface area contributed by atoms with Gasteiger partial charge in [0.25, 0.3) is 0 Å². The van der Waals surface area contributed by atoms with Gasteiger partial charge in [0.1, 0.15) is 0 Å². The lowest BCUT2D eigenvalue weighted by molar-refractivity contribution is 0.310. The average Bonchev–Trinajstić information content (AvgIpc) is 3.11. The number of benzene rings is 1. The van der Waals surface area contributed by atoms with Gasteiger partial charge < -0.3 is 4.52 Å². The molecule has 0 aliphatic heterocycles. The maximum atomic E-state index is 12.6. The molecular weight excluding hydrogens is 340 g/mol. The minimum atomic E-state index is -3.72. The lowest BCUT2D eigenvalue weighted by Gasteiger charge is -2.17. The van der Waals surface area contributed by atoms with E-state index in [1.165, 1.54) is 29.9 Å². The topological polar surface area (TPSA) is 100 Å². The highest BCUT2D eigenvalue weighted by Crippen LogP contribution is 2.31. The molecule has 1 aliphatic carbocycles. The number of aromatic nitrogens is 2. The van der Waals surface area contributed by atoms with Gasteiger partial charge in [0, 0.05) is 13.0 Å². The summed E-state index contributed by atoms with van der Waals surface area (Å²) < 4.78 is 31.8. The predicted molar refractivity (Wildman–Crippen MR) is 89.9 cm³/mol. The van der Waals surface area contributed by atoms with E-state index in [-0.39, 0.29) is 17.4 Å². The molecule has 3 rings (SSSR count). The maximum absolute atomic E-state index is 12.6. The molecule has 0 unspecified atom stereocenters. The van der Waals surface area contributed by atoms with Gasteiger partial charge in [-0.1, -0.05) is 30.5 Å². The highest BCUT2D eigenvalue weighted by molar-refractivity contribution is 7.89. The summed E-state index contributed by atoms with van der Waals surface area (Å²) in [6.07, 6.45) is 5.63. The summed E-state index contributed by atoms with van der Waals surface area (Å²) in [5.41, 5.74) is 0.300. The molecule has 1 aromatic heterocycles. The van der Waals surface area contributed by atoms with Gasteiger partial charge in [0.2, 0.25) is 15.9 Å². The third kappa shape index (κ3) is 3.89. The third-order valence-corrected chi connectivity index (χ3v) is 6.27. The Morgan fingerprint density at radius 3 is 2.80 bits per heavy atom. The molecule has 0 spiro atoms. The van der Waals surface area contributed by atoms with Crippen molar-refractivity contribution in [2.24, 2.45) is 0 Å². The Morgan fingerprint density at radius 2 is 2.08 bits per heavy atom. The normalized spacial score (nSPS) is 16.0. The van der Waals surface area contributed by atoms with E-state index in [2.05, 4.69) is 10.1 Å². The maximum Gasteiger partial charge on any atom is 0.243 e. The molecule has 0 radical (unpaired) electrons. The first-order valence-corrected chi connectivity index (χ1v) is 9.73. The van der Waals surface area contributed by atoms with Crippen LogP contribution in [0.15, 0.2) is 33.7 Å². The Kier molecular flexibility index (Phi) is 5.16. The third-order valence-electron chi connectivity index (χ3n) is 4.47. The SMILES string of the molecule is CN(Cc1noc(C2CCCCC2)n1)S(=O)(=O)c1cccc(C#N)c1. The number of nitrogens with zero attached hydrogens (tertiary/aromatic N) is 4. The Hall–Kier alpha value is -2.24. The monoisotopic (exact) mass is 360 g/mol. The van der Waals surface area contributed by atoms with Gasteiger partial charge in [-0.2, -0.15) is 14.6 Å². The number of nitriles is 1. The van der Waals surface area contributed by atoms with Crippen LogP contribution >= 0.6 is 0 Å². The fraction of sp³-hybridized carbons (Fsp3) is 0.471. The highest BCUT2D eigenvalue weighted by atomic mass is 32.2. The average molecular weight is 360 g/mol. The van der Waals surface area contributed by atoms with E-state index in [9.17, 15) is 8.42 Å². The fourth-order valence-electron chi connectivity index (χ4n) is 3.04. The van der Waals surface area contributed by atoms with Crippen molar-refractivity contribution in [3.8, 4) is 6.07 Å². The molecule has 0 bridgehead atoms. The first kappa shape index (κ1) is 17.6. The van der Waals surface area contributed by atoms with Crippen molar-refractivity contribution < 1.29 is 12.9 Å². The lowest BCUT2D eigenvalue weighted by atomic mass is 9.89.